The van der Waals surface area contributed by atoms with Gasteiger partial charge in [-0.25, -0.2) is 4.98 Å². The molecule has 0 unspecified atom stereocenters. The van der Waals surface area contributed by atoms with Crippen LogP contribution in [0.4, 0.5) is 5.82 Å². The van der Waals surface area contributed by atoms with Crippen LogP contribution in [0.15, 0.2) is 22.9 Å². The van der Waals surface area contributed by atoms with E-state index in [2.05, 4.69) is 41.2 Å². The molecule has 5 nitrogen and oxygen atoms in total. The molecular weight excluding hydrogens is 276 g/mol. The number of anilines is 1. The summed E-state index contributed by atoms with van der Waals surface area (Å²) in [6, 6.07) is 3.89. The number of rotatable bonds is 7. The predicted octanol–water partition coefficient (Wildman–Crippen LogP) is 4.25. The molecule has 5 heteroatoms. The van der Waals surface area contributed by atoms with E-state index in [9.17, 15) is 0 Å². The van der Waals surface area contributed by atoms with Gasteiger partial charge in [0.15, 0.2) is 5.82 Å². The van der Waals surface area contributed by atoms with Crippen LogP contribution in [-0.4, -0.2) is 21.7 Å². The van der Waals surface area contributed by atoms with E-state index in [1.54, 1.807) is 6.20 Å². The van der Waals surface area contributed by atoms with Crippen LogP contribution in [0.2, 0.25) is 0 Å². The standard InChI is InChI=1S/C17H24N4O/c1-4-6-17(7-8-17)11-19-14-10-13(5-9-18-14)16-20-15(12(2)3)21-22-16/h5,9-10,12H,4,6-8,11H2,1-3H3,(H,18,19). The molecule has 0 bridgehead atoms. The fourth-order valence-electron chi connectivity index (χ4n) is 2.75. The third-order valence-corrected chi connectivity index (χ3v) is 4.35. The summed E-state index contributed by atoms with van der Waals surface area (Å²) in [7, 11) is 0. The molecule has 0 radical (unpaired) electrons. The van der Waals surface area contributed by atoms with Gasteiger partial charge in [-0.1, -0.05) is 32.3 Å². The molecule has 0 aromatic carbocycles. The molecule has 22 heavy (non-hydrogen) atoms. The third-order valence-electron chi connectivity index (χ3n) is 4.35. The minimum absolute atomic E-state index is 0.265. The Morgan fingerprint density at radius 3 is 2.82 bits per heavy atom. The maximum absolute atomic E-state index is 5.35. The van der Waals surface area contributed by atoms with Crippen molar-refractivity contribution in [3.8, 4) is 11.5 Å². The minimum atomic E-state index is 0.265. The highest BCUT2D eigenvalue weighted by molar-refractivity contribution is 5.57. The number of hydrogen-bond donors (Lipinski definition) is 1. The number of nitrogens with zero attached hydrogens (tertiary/aromatic N) is 3. The summed E-state index contributed by atoms with van der Waals surface area (Å²) < 4.78 is 5.35. The summed E-state index contributed by atoms with van der Waals surface area (Å²) in [6.45, 7) is 7.35. The van der Waals surface area contributed by atoms with Crippen molar-refractivity contribution in [2.45, 2.75) is 52.4 Å². The van der Waals surface area contributed by atoms with Gasteiger partial charge in [0.2, 0.25) is 0 Å². The maximum atomic E-state index is 5.35. The Kier molecular flexibility index (Phi) is 4.14. The van der Waals surface area contributed by atoms with E-state index in [0.717, 1.165) is 23.8 Å². The maximum Gasteiger partial charge on any atom is 0.258 e. The Balaban J connectivity index is 1.69. The molecule has 0 aliphatic heterocycles. The summed E-state index contributed by atoms with van der Waals surface area (Å²) in [4.78, 5) is 8.84. The average molecular weight is 300 g/mol. The number of aromatic nitrogens is 3. The highest BCUT2D eigenvalue weighted by Crippen LogP contribution is 2.49. The van der Waals surface area contributed by atoms with E-state index in [-0.39, 0.29) is 5.92 Å². The van der Waals surface area contributed by atoms with Gasteiger partial charge < -0.3 is 9.84 Å². The van der Waals surface area contributed by atoms with Crippen LogP contribution in [0.5, 0.6) is 0 Å². The van der Waals surface area contributed by atoms with Gasteiger partial charge in [0.05, 0.1) is 0 Å². The number of hydrogen-bond acceptors (Lipinski definition) is 5. The van der Waals surface area contributed by atoms with Crippen LogP contribution in [-0.2, 0) is 0 Å². The molecule has 2 aromatic rings. The molecule has 2 heterocycles. The fraction of sp³-hybridized carbons (Fsp3) is 0.588. The second-order valence-electron chi connectivity index (χ2n) is 6.65. The lowest BCUT2D eigenvalue weighted by atomic mass is 10.0. The van der Waals surface area contributed by atoms with Crippen molar-refractivity contribution in [2.24, 2.45) is 5.41 Å². The first kappa shape index (κ1) is 15.0. The fourth-order valence-corrected chi connectivity index (χ4v) is 2.75. The second kappa shape index (κ2) is 6.07. The molecule has 1 fully saturated rings. The van der Waals surface area contributed by atoms with Crippen molar-refractivity contribution in [2.75, 3.05) is 11.9 Å². The lowest BCUT2D eigenvalue weighted by molar-refractivity contribution is 0.419. The molecule has 0 amide bonds. The Hall–Kier alpha value is -1.91. The van der Waals surface area contributed by atoms with Crippen molar-refractivity contribution in [1.29, 1.82) is 0 Å². The zero-order chi connectivity index (χ0) is 15.6. The van der Waals surface area contributed by atoms with Gasteiger partial charge in [0.1, 0.15) is 5.82 Å². The van der Waals surface area contributed by atoms with Gasteiger partial charge in [0, 0.05) is 24.2 Å². The van der Waals surface area contributed by atoms with Gasteiger partial charge in [0.25, 0.3) is 5.89 Å². The van der Waals surface area contributed by atoms with Crippen LogP contribution in [0.1, 0.15) is 58.2 Å². The average Bonchev–Trinajstić information content (AvgIpc) is 3.10. The second-order valence-corrected chi connectivity index (χ2v) is 6.65. The summed E-state index contributed by atoms with van der Waals surface area (Å²) >= 11 is 0. The van der Waals surface area contributed by atoms with Crippen LogP contribution in [0.3, 0.4) is 0 Å². The summed E-state index contributed by atoms with van der Waals surface area (Å²) in [5.41, 5.74) is 1.42. The Morgan fingerprint density at radius 2 is 2.18 bits per heavy atom. The van der Waals surface area contributed by atoms with Crippen molar-refractivity contribution >= 4 is 5.82 Å². The SMILES string of the molecule is CCCC1(CNc2cc(-c3nc(C(C)C)no3)ccn2)CC1. The number of pyridine rings is 1. The highest BCUT2D eigenvalue weighted by Gasteiger charge is 2.41. The first-order valence-electron chi connectivity index (χ1n) is 8.16. The number of nitrogens with one attached hydrogen (secondary N) is 1. The Labute approximate surface area is 131 Å². The highest BCUT2D eigenvalue weighted by atomic mass is 16.5. The van der Waals surface area contributed by atoms with E-state index >= 15 is 0 Å². The van der Waals surface area contributed by atoms with Gasteiger partial charge in [-0.05, 0) is 36.8 Å². The lowest BCUT2D eigenvalue weighted by Gasteiger charge is -2.15. The normalized spacial score (nSPS) is 16.0. The van der Waals surface area contributed by atoms with Crippen molar-refractivity contribution < 1.29 is 4.52 Å². The first-order chi connectivity index (χ1) is 10.6. The summed E-state index contributed by atoms with van der Waals surface area (Å²) in [6.07, 6.45) is 6.98. The first-order valence-corrected chi connectivity index (χ1v) is 8.16. The van der Waals surface area contributed by atoms with Gasteiger partial charge in [-0.2, -0.15) is 4.98 Å². The van der Waals surface area contributed by atoms with E-state index < -0.39 is 0 Å². The molecule has 0 atom stereocenters. The third kappa shape index (κ3) is 3.29. The van der Waals surface area contributed by atoms with E-state index in [1.807, 2.05) is 12.1 Å². The molecule has 1 N–H and O–H groups in total. The smallest absolute Gasteiger partial charge is 0.258 e. The monoisotopic (exact) mass is 300 g/mol. The van der Waals surface area contributed by atoms with Crippen LogP contribution in [0.25, 0.3) is 11.5 Å². The molecule has 0 saturated heterocycles. The zero-order valence-electron chi connectivity index (χ0n) is 13.6. The molecule has 3 rings (SSSR count). The van der Waals surface area contributed by atoms with Crippen LogP contribution >= 0.6 is 0 Å². The van der Waals surface area contributed by atoms with Gasteiger partial charge in [-0.15, -0.1) is 0 Å². The summed E-state index contributed by atoms with van der Waals surface area (Å²) in [5, 5.41) is 7.49. The quantitative estimate of drug-likeness (QED) is 0.828. The van der Waals surface area contributed by atoms with Crippen LogP contribution in [0, 0.1) is 5.41 Å². The molecule has 1 saturated carbocycles. The summed E-state index contributed by atoms with van der Waals surface area (Å²) in [5.74, 6) is 2.44. The van der Waals surface area contributed by atoms with Gasteiger partial charge >= 0.3 is 0 Å². The van der Waals surface area contributed by atoms with E-state index in [0.29, 0.717) is 11.3 Å². The Bertz CT molecular complexity index is 631. The zero-order valence-corrected chi connectivity index (χ0v) is 13.6. The molecule has 1 aliphatic rings. The topological polar surface area (TPSA) is 63.8 Å². The minimum Gasteiger partial charge on any atom is -0.369 e. The molecule has 1 aliphatic carbocycles. The molecule has 118 valence electrons. The lowest BCUT2D eigenvalue weighted by Crippen LogP contribution is -2.15. The Morgan fingerprint density at radius 1 is 1.36 bits per heavy atom. The van der Waals surface area contributed by atoms with E-state index in [1.165, 1.54) is 25.7 Å². The molecule has 0 spiro atoms. The van der Waals surface area contributed by atoms with Crippen molar-refractivity contribution in [3.05, 3.63) is 24.2 Å². The predicted molar refractivity (Wildman–Crippen MR) is 86.7 cm³/mol. The molecule has 2 aromatic heterocycles. The molecular formula is C17H24N4O. The van der Waals surface area contributed by atoms with Gasteiger partial charge in [-0.3, -0.25) is 0 Å². The van der Waals surface area contributed by atoms with Crippen molar-refractivity contribution in [3.63, 3.8) is 0 Å². The van der Waals surface area contributed by atoms with Crippen molar-refractivity contribution in [1.82, 2.24) is 15.1 Å². The van der Waals surface area contributed by atoms with Crippen LogP contribution < -0.4 is 5.32 Å². The van der Waals surface area contributed by atoms with E-state index in [4.69, 9.17) is 4.52 Å². The largest absolute Gasteiger partial charge is 0.369 e.